The first-order chi connectivity index (χ1) is 20.1. The molecular formula is C35H31BCl2N2Si. The van der Waals surface area contributed by atoms with Crippen LogP contribution in [0.4, 0.5) is 0 Å². The molecule has 0 aliphatic rings. The lowest BCUT2D eigenvalue weighted by Gasteiger charge is -2.34. The van der Waals surface area contributed by atoms with Gasteiger partial charge in [-0.3, -0.25) is 0 Å². The van der Waals surface area contributed by atoms with Gasteiger partial charge >= 0.3 is 0 Å². The van der Waals surface area contributed by atoms with Crippen LogP contribution in [0.25, 0.3) is 0 Å². The molecule has 0 N–H and O–H groups in total. The predicted molar refractivity (Wildman–Crippen MR) is 180 cm³/mol. The third-order valence-electron chi connectivity index (χ3n) is 7.52. The summed E-state index contributed by atoms with van der Waals surface area (Å²) in [5.74, 6) is 0. The van der Waals surface area contributed by atoms with E-state index in [1.54, 1.807) is 0 Å². The molecule has 6 rings (SSSR count). The van der Waals surface area contributed by atoms with E-state index in [1.165, 1.54) is 26.5 Å². The van der Waals surface area contributed by atoms with Crippen molar-refractivity contribution in [1.29, 1.82) is 0 Å². The highest BCUT2D eigenvalue weighted by Gasteiger charge is 2.39. The van der Waals surface area contributed by atoms with Crippen molar-refractivity contribution in [3.63, 3.8) is 0 Å². The average molecular weight is 589 g/mol. The number of halogens is 2. The first-order valence-electron chi connectivity index (χ1n) is 13.7. The third-order valence-corrected chi connectivity index (χ3v) is 12.8. The fourth-order valence-corrected chi connectivity index (χ4v) is 10.1. The van der Waals surface area contributed by atoms with Crippen LogP contribution < -0.4 is 26.5 Å². The van der Waals surface area contributed by atoms with Crippen LogP contribution in [0.2, 0.25) is 16.9 Å². The second-order valence-electron chi connectivity index (χ2n) is 10.1. The lowest BCUT2D eigenvalue weighted by atomic mass is 9.43. The Morgan fingerprint density at radius 1 is 0.585 bits per heavy atom. The summed E-state index contributed by atoms with van der Waals surface area (Å²) in [6, 6.07) is 48.5. The first-order valence-corrected chi connectivity index (χ1v) is 16.7. The highest BCUT2D eigenvalue weighted by molar-refractivity contribution is 7.10. The first kappa shape index (κ1) is 28.7. The van der Waals surface area contributed by atoms with Gasteiger partial charge in [-0.1, -0.05) is 156 Å². The maximum absolute atomic E-state index is 6.20. The average Bonchev–Trinajstić information content (AvgIpc) is 3.55. The molecule has 0 aliphatic carbocycles. The van der Waals surface area contributed by atoms with E-state index in [0.717, 1.165) is 16.2 Å². The number of benzene rings is 5. The quantitative estimate of drug-likeness (QED) is 0.170. The molecule has 0 radical (unpaired) electrons. The SMILES string of the molecule is CB(c1ccccc1)c1ccccc1.Clc1ccc([Si](Cn2ccnc2)(c2ccccc2)c2ccc(Cl)cc2)cc1. The minimum absolute atomic E-state index is 0.484. The maximum atomic E-state index is 6.20. The molecular weight excluding hydrogens is 558 g/mol. The molecule has 0 fully saturated rings. The van der Waals surface area contributed by atoms with Crippen LogP contribution in [-0.2, 0) is 6.17 Å². The lowest BCUT2D eigenvalue weighted by molar-refractivity contribution is 0.862. The Hall–Kier alpha value is -3.83. The zero-order valence-corrected chi connectivity index (χ0v) is 25.5. The summed E-state index contributed by atoms with van der Waals surface area (Å²) in [5.41, 5.74) is 2.75. The molecule has 6 aromatic rings. The van der Waals surface area contributed by atoms with Crippen LogP contribution in [0.15, 0.2) is 158 Å². The minimum Gasteiger partial charge on any atom is -0.339 e. The molecule has 1 aromatic heterocycles. The molecule has 202 valence electrons. The second-order valence-corrected chi connectivity index (χ2v) is 14.8. The van der Waals surface area contributed by atoms with Crippen molar-refractivity contribution in [3.8, 4) is 0 Å². The second kappa shape index (κ2) is 13.7. The Morgan fingerprint density at radius 2 is 1.00 bits per heavy atom. The monoisotopic (exact) mass is 588 g/mol. The van der Waals surface area contributed by atoms with Crippen molar-refractivity contribution in [2.75, 3.05) is 0 Å². The number of hydrogen-bond acceptors (Lipinski definition) is 1. The van der Waals surface area contributed by atoms with Gasteiger partial charge in [0.15, 0.2) is 8.07 Å². The van der Waals surface area contributed by atoms with Crippen LogP contribution in [0.3, 0.4) is 0 Å². The Bertz CT molecular complexity index is 1530. The summed E-state index contributed by atoms with van der Waals surface area (Å²) in [6.07, 6.45) is 6.58. The molecule has 6 heteroatoms. The van der Waals surface area contributed by atoms with Gasteiger partial charge in [0.2, 0.25) is 6.71 Å². The smallest absolute Gasteiger partial charge is 0.206 e. The molecule has 0 saturated carbocycles. The molecule has 0 atom stereocenters. The largest absolute Gasteiger partial charge is 0.339 e. The van der Waals surface area contributed by atoms with Crippen LogP contribution in [0, 0.1) is 0 Å². The van der Waals surface area contributed by atoms with Crippen molar-refractivity contribution in [3.05, 3.63) is 168 Å². The molecule has 0 bridgehead atoms. The molecule has 0 spiro atoms. The van der Waals surface area contributed by atoms with Crippen molar-refractivity contribution in [2.24, 2.45) is 0 Å². The Balaban J connectivity index is 0.000000202. The summed E-state index contributed by atoms with van der Waals surface area (Å²) < 4.78 is 2.17. The van der Waals surface area contributed by atoms with Gasteiger partial charge in [0.1, 0.15) is 0 Å². The summed E-state index contributed by atoms with van der Waals surface area (Å²) in [7, 11) is -2.37. The maximum Gasteiger partial charge on any atom is 0.206 e. The minimum atomic E-state index is -2.37. The van der Waals surface area contributed by atoms with Gasteiger partial charge in [0, 0.05) is 28.6 Å². The standard InChI is InChI=1S/C22H18Cl2N2Si.C13H13B/c23-18-6-10-21(11-7-18)27(17-26-15-14-25-16-26,20-4-2-1-3-5-20)22-12-8-19(24)9-13-22;1-14(12-8-4-2-5-9-12)13-10-6-3-7-11-13/h1-16H,17H2;2-11H,1H3. The third kappa shape index (κ3) is 6.91. The molecule has 41 heavy (non-hydrogen) atoms. The van der Waals surface area contributed by atoms with E-state index in [0.29, 0.717) is 6.71 Å². The van der Waals surface area contributed by atoms with Crippen molar-refractivity contribution in [2.45, 2.75) is 13.0 Å². The van der Waals surface area contributed by atoms with Crippen LogP contribution in [0.5, 0.6) is 0 Å². The summed E-state index contributed by atoms with van der Waals surface area (Å²) in [4.78, 5) is 4.26. The summed E-state index contributed by atoms with van der Waals surface area (Å²) in [5, 5.41) is 5.42. The Labute approximate surface area is 254 Å². The number of hydrogen-bond donors (Lipinski definition) is 0. The van der Waals surface area contributed by atoms with Gasteiger partial charge in [0.25, 0.3) is 0 Å². The highest BCUT2D eigenvalue weighted by Crippen LogP contribution is 2.15. The van der Waals surface area contributed by atoms with Gasteiger partial charge in [-0.2, -0.15) is 0 Å². The molecule has 0 unspecified atom stereocenters. The van der Waals surface area contributed by atoms with Crippen molar-refractivity contribution in [1.82, 2.24) is 9.55 Å². The summed E-state index contributed by atoms with van der Waals surface area (Å²) >= 11 is 12.4. The zero-order valence-electron chi connectivity index (χ0n) is 22.9. The molecule has 2 nitrogen and oxygen atoms in total. The fraction of sp³-hybridized carbons (Fsp3) is 0.0571. The predicted octanol–water partition coefficient (Wildman–Crippen LogP) is 5.82. The topological polar surface area (TPSA) is 17.8 Å². The van der Waals surface area contributed by atoms with Gasteiger partial charge < -0.3 is 4.57 Å². The summed E-state index contributed by atoms with van der Waals surface area (Å²) in [6.45, 7) is 2.72. The number of imidazole rings is 1. The normalized spacial score (nSPS) is 10.9. The number of rotatable bonds is 7. The van der Waals surface area contributed by atoms with E-state index in [9.17, 15) is 0 Å². The van der Waals surface area contributed by atoms with Crippen molar-refractivity contribution >= 4 is 64.5 Å². The molecule has 0 amide bonds. The highest BCUT2D eigenvalue weighted by atomic mass is 35.5. The van der Waals surface area contributed by atoms with Crippen LogP contribution >= 0.6 is 23.2 Å². The van der Waals surface area contributed by atoms with E-state index in [-0.39, 0.29) is 0 Å². The van der Waals surface area contributed by atoms with Crippen LogP contribution in [-0.4, -0.2) is 24.3 Å². The number of nitrogens with zero attached hydrogens (tertiary/aromatic N) is 2. The van der Waals surface area contributed by atoms with Gasteiger partial charge in [-0.25, -0.2) is 4.98 Å². The van der Waals surface area contributed by atoms with E-state index in [4.69, 9.17) is 23.2 Å². The zero-order chi connectivity index (χ0) is 28.5. The van der Waals surface area contributed by atoms with Gasteiger partial charge in [0.05, 0.1) is 6.33 Å². The van der Waals surface area contributed by atoms with Crippen LogP contribution in [0.1, 0.15) is 0 Å². The van der Waals surface area contributed by atoms with E-state index >= 15 is 0 Å². The van der Waals surface area contributed by atoms with Crippen molar-refractivity contribution < 1.29 is 0 Å². The molecule has 0 saturated heterocycles. The lowest BCUT2D eigenvalue weighted by Crippen LogP contribution is -2.69. The van der Waals surface area contributed by atoms with E-state index in [1.807, 2.05) is 43.0 Å². The Morgan fingerprint density at radius 3 is 1.41 bits per heavy atom. The van der Waals surface area contributed by atoms with E-state index in [2.05, 4.69) is 132 Å². The molecule has 1 heterocycles. The van der Waals surface area contributed by atoms with Gasteiger partial charge in [-0.15, -0.1) is 0 Å². The fourth-order valence-electron chi connectivity index (χ4n) is 5.30. The molecule has 0 aliphatic heterocycles. The van der Waals surface area contributed by atoms with E-state index < -0.39 is 8.07 Å². The Kier molecular flexibility index (Phi) is 9.58. The molecule has 5 aromatic carbocycles. The van der Waals surface area contributed by atoms with Gasteiger partial charge in [-0.05, 0) is 39.8 Å². The number of aromatic nitrogens is 2.